The molecule has 0 aliphatic heterocycles. The van der Waals surface area contributed by atoms with Crippen LogP contribution in [-0.2, 0) is 0 Å². The van der Waals surface area contributed by atoms with Crippen LogP contribution >= 0.6 is 12.2 Å². The van der Waals surface area contributed by atoms with E-state index in [1.54, 1.807) is 0 Å². The monoisotopic (exact) mass is 301 g/mol. The Kier molecular flexibility index (Phi) is 4.19. The second-order valence-electron chi connectivity index (χ2n) is 6.56. The van der Waals surface area contributed by atoms with Crippen molar-refractivity contribution in [2.75, 3.05) is 11.9 Å². The van der Waals surface area contributed by atoms with Gasteiger partial charge in [-0.3, -0.25) is 0 Å². The van der Waals surface area contributed by atoms with Crippen molar-refractivity contribution in [3.63, 3.8) is 0 Å². The first-order valence-electron chi connectivity index (χ1n) is 7.14. The van der Waals surface area contributed by atoms with Crippen molar-refractivity contribution in [2.24, 2.45) is 11.1 Å². The summed E-state index contributed by atoms with van der Waals surface area (Å²) in [5.41, 5.74) is 7.86. The first-order valence-corrected chi connectivity index (χ1v) is 7.55. The topological polar surface area (TPSA) is 42.1 Å². The summed E-state index contributed by atoms with van der Waals surface area (Å²) >= 11 is 5.21. The van der Waals surface area contributed by atoms with Crippen LogP contribution in [0, 0.1) is 5.41 Å². The minimum atomic E-state index is 0.158. The van der Waals surface area contributed by atoms with E-state index >= 15 is 0 Å². The Bertz CT molecular complexity index is 673. The van der Waals surface area contributed by atoms with Crippen molar-refractivity contribution in [3.8, 4) is 0 Å². The lowest BCUT2D eigenvalue weighted by Gasteiger charge is -2.36. The quantitative estimate of drug-likeness (QED) is 0.877. The van der Waals surface area contributed by atoms with E-state index in [2.05, 4.69) is 39.6 Å². The SMILES string of the molecule is CC(N(C)c1cc(C(N)=S)c2ccccc2n1)C(C)(C)C. The van der Waals surface area contributed by atoms with Crippen molar-refractivity contribution < 1.29 is 0 Å². The maximum Gasteiger partial charge on any atom is 0.129 e. The number of anilines is 1. The Morgan fingerprint density at radius 1 is 1.29 bits per heavy atom. The van der Waals surface area contributed by atoms with E-state index < -0.39 is 0 Å². The Labute approximate surface area is 132 Å². The molecule has 1 unspecified atom stereocenters. The number of fused-ring (bicyclic) bond motifs is 1. The van der Waals surface area contributed by atoms with E-state index in [0.717, 1.165) is 22.3 Å². The summed E-state index contributed by atoms with van der Waals surface area (Å²) in [6.07, 6.45) is 0. The molecule has 0 spiro atoms. The van der Waals surface area contributed by atoms with Crippen molar-refractivity contribution in [1.29, 1.82) is 0 Å². The van der Waals surface area contributed by atoms with Gasteiger partial charge >= 0.3 is 0 Å². The van der Waals surface area contributed by atoms with E-state index in [1.165, 1.54) is 0 Å². The molecule has 0 aliphatic rings. The molecule has 0 amide bonds. The highest BCUT2D eigenvalue weighted by Crippen LogP contribution is 2.29. The molecule has 0 fully saturated rings. The van der Waals surface area contributed by atoms with E-state index in [1.807, 2.05) is 30.3 Å². The lowest BCUT2D eigenvalue weighted by atomic mass is 9.87. The van der Waals surface area contributed by atoms with Gasteiger partial charge in [0.15, 0.2) is 0 Å². The number of nitrogens with zero attached hydrogens (tertiary/aromatic N) is 2. The second kappa shape index (κ2) is 5.60. The fourth-order valence-corrected chi connectivity index (χ4v) is 2.49. The summed E-state index contributed by atoms with van der Waals surface area (Å²) in [6.45, 7) is 8.88. The van der Waals surface area contributed by atoms with Crippen LogP contribution in [0.2, 0.25) is 0 Å². The molecule has 1 aromatic carbocycles. The normalized spacial score (nSPS) is 13.2. The largest absolute Gasteiger partial charge is 0.389 e. The fraction of sp³-hybridized carbons (Fsp3) is 0.412. The third-order valence-electron chi connectivity index (χ3n) is 4.16. The van der Waals surface area contributed by atoms with Gasteiger partial charge in [0.1, 0.15) is 10.8 Å². The average Bonchev–Trinajstić information content (AvgIpc) is 2.43. The van der Waals surface area contributed by atoms with Gasteiger partial charge in [0.05, 0.1) is 5.52 Å². The highest BCUT2D eigenvalue weighted by molar-refractivity contribution is 7.80. The minimum absolute atomic E-state index is 0.158. The van der Waals surface area contributed by atoms with Crippen LogP contribution in [0.25, 0.3) is 10.9 Å². The molecule has 1 aromatic heterocycles. The average molecular weight is 301 g/mol. The third-order valence-corrected chi connectivity index (χ3v) is 4.38. The van der Waals surface area contributed by atoms with Crippen LogP contribution in [0.1, 0.15) is 33.3 Å². The molecule has 21 heavy (non-hydrogen) atoms. The molecule has 3 nitrogen and oxygen atoms in total. The molecule has 1 atom stereocenters. The molecular weight excluding hydrogens is 278 g/mol. The van der Waals surface area contributed by atoms with Crippen LogP contribution in [-0.4, -0.2) is 23.1 Å². The van der Waals surface area contributed by atoms with Crippen LogP contribution in [0.15, 0.2) is 30.3 Å². The van der Waals surface area contributed by atoms with Gasteiger partial charge in [-0.05, 0) is 24.5 Å². The maximum atomic E-state index is 5.90. The van der Waals surface area contributed by atoms with E-state index in [-0.39, 0.29) is 5.41 Å². The number of pyridine rings is 1. The van der Waals surface area contributed by atoms with E-state index in [0.29, 0.717) is 11.0 Å². The summed E-state index contributed by atoms with van der Waals surface area (Å²) in [5, 5.41) is 1.01. The molecule has 0 aliphatic carbocycles. The predicted molar refractivity (Wildman–Crippen MR) is 95.0 cm³/mol. The molecule has 2 aromatic rings. The summed E-state index contributed by atoms with van der Waals surface area (Å²) in [7, 11) is 2.07. The van der Waals surface area contributed by atoms with Gasteiger partial charge in [0.25, 0.3) is 0 Å². The molecule has 4 heteroatoms. The minimum Gasteiger partial charge on any atom is -0.389 e. The first-order chi connectivity index (χ1) is 9.71. The molecule has 1 heterocycles. The summed E-state index contributed by atoms with van der Waals surface area (Å²) in [5.74, 6) is 0.902. The number of aromatic nitrogens is 1. The molecule has 0 saturated heterocycles. The van der Waals surface area contributed by atoms with Gasteiger partial charge in [0.2, 0.25) is 0 Å². The molecule has 2 rings (SSSR count). The molecule has 2 N–H and O–H groups in total. The molecular formula is C17H23N3S. The Hall–Kier alpha value is -1.68. The fourth-order valence-electron chi connectivity index (χ4n) is 2.33. The number of rotatable bonds is 3. The highest BCUT2D eigenvalue weighted by Gasteiger charge is 2.25. The van der Waals surface area contributed by atoms with Gasteiger partial charge in [0, 0.05) is 24.0 Å². The van der Waals surface area contributed by atoms with Crippen LogP contribution in [0.4, 0.5) is 5.82 Å². The van der Waals surface area contributed by atoms with Gasteiger partial charge in [-0.15, -0.1) is 0 Å². The lowest BCUT2D eigenvalue weighted by Crippen LogP contribution is -2.40. The van der Waals surface area contributed by atoms with Gasteiger partial charge in [-0.25, -0.2) is 4.98 Å². The number of hydrogen-bond acceptors (Lipinski definition) is 3. The zero-order valence-electron chi connectivity index (χ0n) is 13.3. The van der Waals surface area contributed by atoms with Crippen molar-refractivity contribution >= 4 is 33.9 Å². The Morgan fingerprint density at radius 2 is 1.90 bits per heavy atom. The van der Waals surface area contributed by atoms with Crippen molar-refractivity contribution in [3.05, 3.63) is 35.9 Å². The second-order valence-corrected chi connectivity index (χ2v) is 7.00. The standard InChI is InChI=1S/C17H23N3S/c1-11(17(2,3)4)20(5)15-10-13(16(18)21)12-8-6-7-9-14(12)19-15/h6-11H,1-5H3,(H2,18,21). The number of thiocarbonyl (C=S) groups is 1. The highest BCUT2D eigenvalue weighted by atomic mass is 32.1. The first kappa shape index (κ1) is 15.7. The smallest absolute Gasteiger partial charge is 0.129 e. The number of nitrogens with two attached hydrogens (primary N) is 1. The van der Waals surface area contributed by atoms with Crippen LogP contribution in [0.3, 0.4) is 0 Å². The van der Waals surface area contributed by atoms with Gasteiger partial charge < -0.3 is 10.6 Å². The number of para-hydroxylation sites is 1. The van der Waals surface area contributed by atoms with Gasteiger partial charge in [-0.1, -0.05) is 51.2 Å². The molecule has 0 saturated carbocycles. The van der Waals surface area contributed by atoms with Crippen molar-refractivity contribution in [2.45, 2.75) is 33.7 Å². The Morgan fingerprint density at radius 3 is 2.48 bits per heavy atom. The number of benzene rings is 1. The van der Waals surface area contributed by atoms with E-state index in [4.69, 9.17) is 22.9 Å². The van der Waals surface area contributed by atoms with Crippen LogP contribution < -0.4 is 10.6 Å². The molecule has 112 valence electrons. The molecule has 0 radical (unpaired) electrons. The Balaban J connectivity index is 2.58. The van der Waals surface area contributed by atoms with Crippen LogP contribution in [0.5, 0.6) is 0 Å². The predicted octanol–water partition coefficient (Wildman–Crippen LogP) is 3.74. The summed E-state index contributed by atoms with van der Waals surface area (Å²) in [4.78, 5) is 7.36. The maximum absolute atomic E-state index is 5.90. The van der Waals surface area contributed by atoms with Crippen molar-refractivity contribution in [1.82, 2.24) is 4.98 Å². The third kappa shape index (κ3) is 3.16. The zero-order valence-corrected chi connectivity index (χ0v) is 14.2. The number of hydrogen-bond donors (Lipinski definition) is 1. The summed E-state index contributed by atoms with van der Waals surface area (Å²) < 4.78 is 0. The molecule has 0 bridgehead atoms. The lowest BCUT2D eigenvalue weighted by molar-refractivity contribution is 0.328. The van der Waals surface area contributed by atoms with Gasteiger partial charge in [-0.2, -0.15) is 0 Å². The van der Waals surface area contributed by atoms with E-state index in [9.17, 15) is 0 Å². The summed E-state index contributed by atoms with van der Waals surface area (Å²) in [6, 6.07) is 10.3. The zero-order chi connectivity index (χ0) is 15.8.